The van der Waals surface area contributed by atoms with Gasteiger partial charge in [-0.15, -0.1) is 0 Å². The van der Waals surface area contributed by atoms with E-state index >= 15 is 0 Å². The summed E-state index contributed by atoms with van der Waals surface area (Å²) in [5.74, 6) is 0.798. The van der Waals surface area contributed by atoms with Gasteiger partial charge in [0.1, 0.15) is 11.4 Å². The lowest BCUT2D eigenvalue weighted by atomic mass is 10.1. The lowest BCUT2D eigenvalue weighted by Gasteiger charge is -2.00. The SMILES string of the molecule is COc1cccc(-c2cn3cc(N)c(Cl)cc3n2)c1. The van der Waals surface area contributed by atoms with Gasteiger partial charge < -0.3 is 14.9 Å². The van der Waals surface area contributed by atoms with E-state index in [9.17, 15) is 0 Å². The number of anilines is 1. The van der Waals surface area contributed by atoms with Crippen LogP contribution >= 0.6 is 11.6 Å². The third kappa shape index (κ3) is 2.11. The van der Waals surface area contributed by atoms with E-state index in [-0.39, 0.29) is 0 Å². The first-order valence-corrected chi connectivity index (χ1v) is 6.13. The van der Waals surface area contributed by atoms with Crippen molar-refractivity contribution in [1.82, 2.24) is 9.38 Å². The maximum atomic E-state index is 5.99. The molecule has 0 aliphatic heterocycles. The number of methoxy groups -OCH3 is 1. The van der Waals surface area contributed by atoms with E-state index in [0.717, 1.165) is 22.7 Å². The number of nitrogens with two attached hydrogens (primary N) is 1. The van der Waals surface area contributed by atoms with Crippen molar-refractivity contribution in [1.29, 1.82) is 0 Å². The Hall–Kier alpha value is -2.20. The first-order valence-electron chi connectivity index (χ1n) is 5.75. The van der Waals surface area contributed by atoms with Crippen LogP contribution in [0.4, 0.5) is 5.69 Å². The molecule has 2 aromatic heterocycles. The molecule has 0 aliphatic rings. The van der Waals surface area contributed by atoms with Gasteiger partial charge in [0, 0.05) is 24.0 Å². The van der Waals surface area contributed by atoms with E-state index in [1.807, 2.05) is 34.9 Å². The van der Waals surface area contributed by atoms with Crippen molar-refractivity contribution < 1.29 is 4.74 Å². The van der Waals surface area contributed by atoms with Crippen LogP contribution in [0.3, 0.4) is 0 Å². The molecule has 0 spiro atoms. The summed E-state index contributed by atoms with van der Waals surface area (Å²) < 4.78 is 7.07. The third-order valence-electron chi connectivity index (χ3n) is 2.94. The number of halogens is 1. The van der Waals surface area contributed by atoms with Crippen molar-refractivity contribution in [3.63, 3.8) is 0 Å². The number of hydrogen-bond donors (Lipinski definition) is 1. The second-order valence-electron chi connectivity index (χ2n) is 4.20. The highest BCUT2D eigenvalue weighted by molar-refractivity contribution is 6.33. The Bertz CT molecular complexity index is 713. The molecule has 0 amide bonds. The zero-order chi connectivity index (χ0) is 13.4. The molecule has 0 aliphatic carbocycles. The minimum atomic E-state index is 0.510. The molecule has 1 aromatic carbocycles. The Balaban J connectivity index is 2.14. The van der Waals surface area contributed by atoms with Crippen LogP contribution in [-0.2, 0) is 0 Å². The average Bonchev–Trinajstić information content (AvgIpc) is 2.82. The number of fused-ring (bicyclic) bond motifs is 1. The number of nitrogens with zero attached hydrogens (tertiary/aromatic N) is 2. The van der Waals surface area contributed by atoms with Crippen LogP contribution in [0.2, 0.25) is 5.02 Å². The maximum absolute atomic E-state index is 5.99. The normalized spacial score (nSPS) is 10.8. The summed E-state index contributed by atoms with van der Waals surface area (Å²) >= 11 is 5.99. The van der Waals surface area contributed by atoms with Crippen LogP contribution in [0.1, 0.15) is 0 Å². The maximum Gasteiger partial charge on any atom is 0.139 e. The van der Waals surface area contributed by atoms with Gasteiger partial charge >= 0.3 is 0 Å². The molecule has 0 fully saturated rings. The van der Waals surface area contributed by atoms with Crippen molar-refractivity contribution in [3.8, 4) is 17.0 Å². The van der Waals surface area contributed by atoms with Crippen molar-refractivity contribution in [2.24, 2.45) is 0 Å². The number of benzene rings is 1. The summed E-state index contributed by atoms with van der Waals surface area (Å²) in [6.07, 6.45) is 3.67. The largest absolute Gasteiger partial charge is 0.497 e. The summed E-state index contributed by atoms with van der Waals surface area (Å²) in [6, 6.07) is 9.50. The number of imidazole rings is 1. The summed E-state index contributed by atoms with van der Waals surface area (Å²) in [5, 5.41) is 0.510. The lowest BCUT2D eigenvalue weighted by molar-refractivity contribution is 0.415. The van der Waals surface area contributed by atoms with Crippen molar-refractivity contribution >= 4 is 22.9 Å². The summed E-state index contributed by atoms with van der Waals surface area (Å²) in [7, 11) is 1.64. The van der Waals surface area contributed by atoms with Crippen LogP contribution in [-0.4, -0.2) is 16.5 Å². The van der Waals surface area contributed by atoms with Gasteiger partial charge in [-0.1, -0.05) is 23.7 Å². The Labute approximate surface area is 115 Å². The highest BCUT2D eigenvalue weighted by Gasteiger charge is 2.07. The third-order valence-corrected chi connectivity index (χ3v) is 3.26. The van der Waals surface area contributed by atoms with Gasteiger partial charge in [0.2, 0.25) is 0 Å². The van der Waals surface area contributed by atoms with Gasteiger partial charge in [-0.05, 0) is 12.1 Å². The molecule has 5 heteroatoms. The number of rotatable bonds is 2. The fourth-order valence-electron chi connectivity index (χ4n) is 1.95. The minimum absolute atomic E-state index is 0.510. The molecule has 0 bridgehead atoms. The minimum Gasteiger partial charge on any atom is -0.497 e. The Morgan fingerprint density at radius 1 is 1.26 bits per heavy atom. The molecule has 19 heavy (non-hydrogen) atoms. The Kier molecular flexibility index (Phi) is 2.80. The average molecular weight is 274 g/mol. The quantitative estimate of drug-likeness (QED) is 0.780. The number of ether oxygens (including phenoxy) is 1. The van der Waals surface area contributed by atoms with Gasteiger partial charge in [0.05, 0.1) is 23.5 Å². The standard InChI is InChI=1S/C14H12ClN3O/c1-19-10-4-2-3-9(5-10)13-8-18-7-12(16)11(15)6-14(18)17-13/h2-8H,16H2,1H3. The molecule has 3 aromatic rings. The molecule has 0 saturated carbocycles. The predicted molar refractivity (Wildman–Crippen MR) is 76.6 cm³/mol. The topological polar surface area (TPSA) is 52.5 Å². The van der Waals surface area contributed by atoms with Crippen molar-refractivity contribution in [2.45, 2.75) is 0 Å². The van der Waals surface area contributed by atoms with Crippen molar-refractivity contribution in [3.05, 3.63) is 47.7 Å². The summed E-state index contributed by atoms with van der Waals surface area (Å²) in [5.41, 5.74) is 8.90. The highest BCUT2D eigenvalue weighted by atomic mass is 35.5. The fraction of sp³-hybridized carbons (Fsp3) is 0.0714. The Morgan fingerprint density at radius 3 is 2.89 bits per heavy atom. The van der Waals surface area contributed by atoms with Gasteiger partial charge in [-0.3, -0.25) is 0 Å². The molecule has 2 N–H and O–H groups in total. The van der Waals surface area contributed by atoms with E-state index in [1.165, 1.54) is 0 Å². The monoisotopic (exact) mass is 273 g/mol. The van der Waals surface area contributed by atoms with Crippen molar-refractivity contribution in [2.75, 3.05) is 12.8 Å². The van der Waals surface area contributed by atoms with Crippen LogP contribution in [0.15, 0.2) is 42.7 Å². The molecule has 96 valence electrons. The van der Waals surface area contributed by atoms with Gasteiger partial charge in [0.15, 0.2) is 0 Å². The molecule has 0 radical (unpaired) electrons. The van der Waals surface area contributed by atoms with E-state index in [0.29, 0.717) is 10.7 Å². The van der Waals surface area contributed by atoms with Crippen LogP contribution in [0, 0.1) is 0 Å². The van der Waals surface area contributed by atoms with E-state index in [2.05, 4.69) is 4.98 Å². The number of aromatic nitrogens is 2. The first kappa shape index (κ1) is 11.9. The lowest BCUT2D eigenvalue weighted by Crippen LogP contribution is -1.90. The fourth-order valence-corrected chi connectivity index (χ4v) is 2.09. The molecule has 0 atom stereocenters. The zero-order valence-corrected chi connectivity index (χ0v) is 11.1. The Morgan fingerprint density at radius 2 is 2.11 bits per heavy atom. The molecule has 3 rings (SSSR count). The summed E-state index contributed by atoms with van der Waals surface area (Å²) in [4.78, 5) is 4.53. The molecule has 0 unspecified atom stereocenters. The number of nitrogen functional groups attached to an aromatic ring is 1. The zero-order valence-electron chi connectivity index (χ0n) is 10.3. The smallest absolute Gasteiger partial charge is 0.139 e. The van der Waals surface area contributed by atoms with Crippen LogP contribution < -0.4 is 10.5 Å². The van der Waals surface area contributed by atoms with E-state index in [1.54, 1.807) is 19.4 Å². The number of hydrogen-bond acceptors (Lipinski definition) is 3. The van der Waals surface area contributed by atoms with Gasteiger partial charge in [-0.25, -0.2) is 4.98 Å². The first-order chi connectivity index (χ1) is 9.17. The van der Waals surface area contributed by atoms with E-state index in [4.69, 9.17) is 22.1 Å². The predicted octanol–water partition coefficient (Wildman–Crippen LogP) is 3.25. The molecular weight excluding hydrogens is 262 g/mol. The van der Waals surface area contributed by atoms with Crippen LogP contribution in [0.5, 0.6) is 5.75 Å². The molecular formula is C14H12ClN3O. The molecule has 0 saturated heterocycles. The second-order valence-corrected chi connectivity index (χ2v) is 4.61. The summed E-state index contributed by atoms with van der Waals surface area (Å²) in [6.45, 7) is 0. The highest BCUT2D eigenvalue weighted by Crippen LogP contribution is 2.26. The van der Waals surface area contributed by atoms with Gasteiger partial charge in [-0.2, -0.15) is 0 Å². The molecule has 4 nitrogen and oxygen atoms in total. The van der Waals surface area contributed by atoms with Gasteiger partial charge in [0.25, 0.3) is 0 Å². The van der Waals surface area contributed by atoms with E-state index < -0.39 is 0 Å². The number of pyridine rings is 1. The second kappa shape index (κ2) is 4.48. The van der Waals surface area contributed by atoms with Crippen LogP contribution in [0.25, 0.3) is 16.9 Å². The molecule has 2 heterocycles.